The number of thiophene rings is 1. The lowest BCUT2D eigenvalue weighted by Gasteiger charge is -2.22. The van der Waals surface area contributed by atoms with Crippen LogP contribution in [-0.4, -0.2) is 18.8 Å². The number of para-hydroxylation sites is 1. The number of ether oxygens (including phenoxy) is 1. The summed E-state index contributed by atoms with van der Waals surface area (Å²) in [6.45, 7) is 0.358. The van der Waals surface area contributed by atoms with E-state index in [1.54, 1.807) is 7.11 Å². The van der Waals surface area contributed by atoms with Crippen LogP contribution in [-0.2, 0) is 0 Å². The number of methoxy groups -OCH3 is 1. The van der Waals surface area contributed by atoms with Crippen LogP contribution in [0.15, 0.2) is 40.2 Å². The summed E-state index contributed by atoms with van der Waals surface area (Å²) in [5.74, 6) is 0.578. The van der Waals surface area contributed by atoms with Crippen LogP contribution in [0.1, 0.15) is 22.5 Å². The second kappa shape index (κ2) is 6.52. The van der Waals surface area contributed by atoms with Crippen LogP contribution in [0.2, 0.25) is 0 Å². The fraction of sp³-hybridized carbons (Fsp3) is 0.286. The first-order valence-electron chi connectivity index (χ1n) is 5.93. The highest BCUT2D eigenvalue weighted by atomic mass is 79.9. The zero-order valence-electron chi connectivity index (χ0n) is 10.5. The molecule has 0 radical (unpaired) electrons. The highest BCUT2D eigenvalue weighted by molar-refractivity contribution is 9.11. The van der Waals surface area contributed by atoms with E-state index in [2.05, 4.69) is 15.9 Å². The summed E-state index contributed by atoms with van der Waals surface area (Å²) < 4.78 is 6.34. The smallest absolute Gasteiger partial charge is 0.122 e. The van der Waals surface area contributed by atoms with Crippen LogP contribution < -0.4 is 10.5 Å². The lowest BCUT2D eigenvalue weighted by atomic mass is 9.92. The molecule has 0 saturated carbocycles. The first-order chi connectivity index (χ1) is 9.17. The Morgan fingerprint density at radius 2 is 2.05 bits per heavy atom. The largest absolute Gasteiger partial charge is 0.496 e. The second-order valence-corrected chi connectivity index (χ2v) is 6.67. The Hall–Kier alpha value is -0.880. The molecular weight excluding hydrogens is 326 g/mol. The molecule has 2 aromatic rings. The quantitative estimate of drug-likeness (QED) is 0.877. The van der Waals surface area contributed by atoms with Gasteiger partial charge in [-0.15, -0.1) is 11.3 Å². The first-order valence-corrected chi connectivity index (χ1v) is 7.54. The molecule has 0 saturated heterocycles. The van der Waals surface area contributed by atoms with Gasteiger partial charge < -0.3 is 15.6 Å². The van der Waals surface area contributed by atoms with Crippen LogP contribution in [0, 0.1) is 0 Å². The van der Waals surface area contributed by atoms with E-state index >= 15 is 0 Å². The molecule has 3 N–H and O–H groups in total. The Bertz CT molecular complexity index is 544. The van der Waals surface area contributed by atoms with E-state index in [1.165, 1.54) is 11.3 Å². The first kappa shape index (κ1) is 14.5. The minimum Gasteiger partial charge on any atom is -0.496 e. The van der Waals surface area contributed by atoms with E-state index in [9.17, 15) is 5.11 Å². The van der Waals surface area contributed by atoms with E-state index in [0.717, 1.165) is 20.0 Å². The van der Waals surface area contributed by atoms with Crippen molar-refractivity contribution in [2.75, 3.05) is 13.7 Å². The van der Waals surface area contributed by atoms with Crippen molar-refractivity contribution in [3.05, 3.63) is 50.6 Å². The molecular formula is C14H16BrNO2S. The van der Waals surface area contributed by atoms with Crippen LogP contribution in [0.25, 0.3) is 0 Å². The fourth-order valence-electron chi connectivity index (χ4n) is 2.08. The summed E-state index contributed by atoms with van der Waals surface area (Å²) in [7, 11) is 1.63. The van der Waals surface area contributed by atoms with Gasteiger partial charge in [0.1, 0.15) is 5.75 Å². The van der Waals surface area contributed by atoms with E-state index in [1.807, 2.05) is 36.4 Å². The van der Waals surface area contributed by atoms with Crippen LogP contribution in [0.3, 0.4) is 0 Å². The third kappa shape index (κ3) is 3.17. The maximum atomic E-state index is 10.5. The summed E-state index contributed by atoms with van der Waals surface area (Å²) in [6.07, 6.45) is -0.627. The SMILES string of the molecule is COc1ccccc1C(CN)C(O)c1ccc(Br)s1. The van der Waals surface area contributed by atoms with Crippen molar-refractivity contribution in [1.29, 1.82) is 0 Å². The van der Waals surface area contributed by atoms with Gasteiger partial charge >= 0.3 is 0 Å². The Labute approximate surface area is 125 Å². The normalized spacial score (nSPS) is 14.1. The minimum atomic E-state index is -0.627. The standard InChI is InChI=1S/C14H16BrNO2S/c1-18-11-5-3-2-4-9(11)10(8-16)14(17)12-6-7-13(15)19-12/h2-7,10,14,17H,8,16H2,1H3. The van der Waals surface area contributed by atoms with E-state index < -0.39 is 6.10 Å². The molecule has 0 aliphatic rings. The molecule has 1 aromatic carbocycles. The maximum Gasteiger partial charge on any atom is 0.122 e. The molecule has 5 heteroatoms. The monoisotopic (exact) mass is 341 g/mol. The van der Waals surface area contributed by atoms with Crippen LogP contribution >= 0.6 is 27.3 Å². The van der Waals surface area contributed by atoms with Crippen molar-refractivity contribution in [2.45, 2.75) is 12.0 Å². The second-order valence-electron chi connectivity index (χ2n) is 4.17. The van der Waals surface area contributed by atoms with Crippen molar-refractivity contribution >= 4 is 27.3 Å². The zero-order valence-corrected chi connectivity index (χ0v) is 12.9. The number of benzene rings is 1. The molecule has 19 heavy (non-hydrogen) atoms. The fourth-order valence-corrected chi connectivity index (χ4v) is 3.56. The van der Waals surface area contributed by atoms with Gasteiger partial charge in [0, 0.05) is 22.9 Å². The predicted molar refractivity (Wildman–Crippen MR) is 81.8 cm³/mol. The molecule has 3 nitrogen and oxygen atoms in total. The molecule has 1 heterocycles. The van der Waals surface area contributed by atoms with Gasteiger partial charge in [0.2, 0.25) is 0 Å². The summed E-state index contributed by atoms with van der Waals surface area (Å²) in [5, 5.41) is 10.5. The van der Waals surface area contributed by atoms with Crippen LogP contribution in [0.4, 0.5) is 0 Å². The topological polar surface area (TPSA) is 55.5 Å². The number of hydrogen-bond donors (Lipinski definition) is 2. The van der Waals surface area contributed by atoms with E-state index in [-0.39, 0.29) is 5.92 Å². The molecule has 102 valence electrons. The molecule has 0 amide bonds. The number of aliphatic hydroxyl groups excluding tert-OH is 1. The summed E-state index contributed by atoms with van der Waals surface area (Å²) >= 11 is 4.93. The number of rotatable bonds is 5. The number of halogens is 1. The van der Waals surface area contributed by atoms with Gasteiger partial charge in [0.05, 0.1) is 17.0 Å². The Kier molecular flexibility index (Phi) is 4.99. The van der Waals surface area contributed by atoms with E-state index in [4.69, 9.17) is 10.5 Å². The summed E-state index contributed by atoms with van der Waals surface area (Å²) in [5.41, 5.74) is 6.79. The van der Waals surface area contributed by atoms with Gasteiger partial charge in [-0.05, 0) is 34.1 Å². The number of nitrogens with two attached hydrogens (primary N) is 1. The summed E-state index contributed by atoms with van der Waals surface area (Å²) in [6, 6.07) is 11.5. The molecule has 0 spiro atoms. The average Bonchev–Trinajstić information content (AvgIpc) is 2.86. The van der Waals surface area contributed by atoms with E-state index in [0.29, 0.717) is 6.54 Å². The Morgan fingerprint density at radius 3 is 2.63 bits per heavy atom. The van der Waals surface area contributed by atoms with Gasteiger partial charge in [0.25, 0.3) is 0 Å². The van der Waals surface area contributed by atoms with Gasteiger partial charge in [0.15, 0.2) is 0 Å². The van der Waals surface area contributed by atoms with Crippen molar-refractivity contribution in [1.82, 2.24) is 0 Å². The number of hydrogen-bond acceptors (Lipinski definition) is 4. The molecule has 0 fully saturated rings. The molecule has 2 atom stereocenters. The predicted octanol–water partition coefficient (Wildman–Crippen LogP) is 3.30. The molecule has 2 unspecified atom stereocenters. The van der Waals surface area contributed by atoms with Gasteiger partial charge in [-0.25, -0.2) is 0 Å². The molecule has 0 aliphatic heterocycles. The van der Waals surface area contributed by atoms with Gasteiger partial charge in [-0.2, -0.15) is 0 Å². The lowest BCUT2D eigenvalue weighted by molar-refractivity contribution is 0.149. The third-order valence-corrected chi connectivity index (χ3v) is 4.75. The van der Waals surface area contributed by atoms with Gasteiger partial charge in [-0.1, -0.05) is 18.2 Å². The summed E-state index contributed by atoms with van der Waals surface area (Å²) in [4.78, 5) is 0.897. The molecule has 0 aliphatic carbocycles. The highest BCUT2D eigenvalue weighted by Crippen LogP contribution is 2.38. The maximum absolute atomic E-state index is 10.5. The van der Waals surface area contributed by atoms with Crippen molar-refractivity contribution in [3.8, 4) is 5.75 Å². The highest BCUT2D eigenvalue weighted by Gasteiger charge is 2.25. The van der Waals surface area contributed by atoms with Gasteiger partial charge in [-0.3, -0.25) is 0 Å². The van der Waals surface area contributed by atoms with Crippen molar-refractivity contribution in [3.63, 3.8) is 0 Å². The Balaban J connectivity index is 2.33. The van der Waals surface area contributed by atoms with Crippen molar-refractivity contribution in [2.24, 2.45) is 5.73 Å². The molecule has 0 bridgehead atoms. The van der Waals surface area contributed by atoms with Crippen molar-refractivity contribution < 1.29 is 9.84 Å². The molecule has 1 aromatic heterocycles. The molecule has 2 rings (SSSR count). The lowest BCUT2D eigenvalue weighted by Crippen LogP contribution is -2.20. The Morgan fingerprint density at radius 1 is 1.32 bits per heavy atom. The zero-order chi connectivity index (χ0) is 13.8. The number of aliphatic hydroxyl groups is 1. The van der Waals surface area contributed by atoms with Crippen LogP contribution in [0.5, 0.6) is 5.75 Å². The minimum absolute atomic E-state index is 0.179. The average molecular weight is 342 g/mol. The third-order valence-electron chi connectivity index (χ3n) is 3.06.